The predicted molar refractivity (Wildman–Crippen MR) is 99.4 cm³/mol. The zero-order valence-corrected chi connectivity index (χ0v) is 15.1. The van der Waals surface area contributed by atoms with Gasteiger partial charge in [-0.15, -0.1) is 0 Å². The van der Waals surface area contributed by atoms with E-state index in [-0.39, 0.29) is 11.3 Å². The van der Waals surface area contributed by atoms with Crippen molar-refractivity contribution in [2.75, 3.05) is 31.6 Å². The van der Waals surface area contributed by atoms with Crippen molar-refractivity contribution in [2.45, 2.75) is 26.2 Å². The number of benzene rings is 1. The van der Waals surface area contributed by atoms with Crippen molar-refractivity contribution in [2.24, 2.45) is 0 Å². The lowest BCUT2D eigenvalue weighted by molar-refractivity contribution is 0.0299. The van der Waals surface area contributed by atoms with Crippen LogP contribution in [0.5, 0.6) is 0 Å². The second kappa shape index (κ2) is 7.23. The Labute approximate surface area is 149 Å². The fourth-order valence-electron chi connectivity index (χ4n) is 2.92. The maximum atomic E-state index is 12.4. The first-order valence-electron chi connectivity index (χ1n) is 8.65. The fourth-order valence-corrected chi connectivity index (χ4v) is 2.92. The molecule has 1 fully saturated rings. The maximum Gasteiger partial charge on any atom is 0.272 e. The van der Waals surface area contributed by atoms with E-state index in [2.05, 4.69) is 43.2 Å². The lowest BCUT2D eigenvalue weighted by Gasteiger charge is -2.26. The molecule has 0 spiro atoms. The second-order valence-corrected chi connectivity index (χ2v) is 7.26. The van der Waals surface area contributed by atoms with Gasteiger partial charge in [0.05, 0.1) is 25.1 Å². The largest absolute Gasteiger partial charge is 0.378 e. The molecule has 1 aromatic carbocycles. The molecule has 0 aliphatic carbocycles. The summed E-state index contributed by atoms with van der Waals surface area (Å²) in [5, 5.41) is 3.42. The van der Waals surface area contributed by atoms with Gasteiger partial charge in [-0.25, -0.2) is 4.98 Å². The van der Waals surface area contributed by atoms with Crippen LogP contribution < -0.4 is 5.32 Å². The number of ether oxygens (including phenoxy) is 1. The number of aromatic nitrogens is 1. The number of amides is 1. The molecular weight excluding hydrogens is 314 g/mol. The maximum absolute atomic E-state index is 12.4. The Morgan fingerprint density at radius 2 is 1.84 bits per heavy atom. The Hall–Kier alpha value is -2.40. The topological polar surface area (TPSA) is 54.5 Å². The monoisotopic (exact) mass is 339 g/mol. The molecular formula is C20H25N3O2. The zero-order chi connectivity index (χ0) is 17.9. The summed E-state index contributed by atoms with van der Waals surface area (Å²) in [5.41, 5.74) is 3.68. The van der Waals surface area contributed by atoms with E-state index in [1.54, 1.807) is 17.2 Å². The van der Waals surface area contributed by atoms with E-state index in [0.29, 0.717) is 32.0 Å². The number of carbonyl (C=O) groups is 1. The van der Waals surface area contributed by atoms with Crippen molar-refractivity contribution in [3.05, 3.63) is 53.9 Å². The number of rotatable bonds is 3. The first-order valence-corrected chi connectivity index (χ1v) is 8.65. The van der Waals surface area contributed by atoms with Crippen LogP contribution in [0.1, 0.15) is 36.8 Å². The van der Waals surface area contributed by atoms with E-state index in [9.17, 15) is 4.79 Å². The van der Waals surface area contributed by atoms with Crippen molar-refractivity contribution >= 4 is 17.3 Å². The standard InChI is InChI=1S/C20H25N3O2/c1-20(2,3)16-6-4-5-7-17(16)22-15-8-9-18(21-14-15)19(24)23-10-12-25-13-11-23/h4-9,14,22H,10-13H2,1-3H3. The summed E-state index contributed by atoms with van der Waals surface area (Å²) < 4.78 is 5.29. The third-order valence-electron chi connectivity index (χ3n) is 4.29. The molecule has 0 unspecified atom stereocenters. The second-order valence-electron chi connectivity index (χ2n) is 7.26. The van der Waals surface area contributed by atoms with Crippen LogP contribution in [-0.4, -0.2) is 42.1 Å². The third-order valence-corrected chi connectivity index (χ3v) is 4.29. The number of hydrogen-bond acceptors (Lipinski definition) is 4. The number of anilines is 2. The van der Waals surface area contributed by atoms with Crippen LogP contribution >= 0.6 is 0 Å². The van der Waals surface area contributed by atoms with E-state index < -0.39 is 0 Å². The van der Waals surface area contributed by atoms with Crippen LogP contribution in [-0.2, 0) is 10.2 Å². The lowest BCUT2D eigenvalue weighted by Crippen LogP contribution is -2.41. The van der Waals surface area contributed by atoms with Crippen molar-refractivity contribution < 1.29 is 9.53 Å². The normalized spacial score (nSPS) is 15.1. The molecule has 1 amide bonds. The van der Waals surface area contributed by atoms with Crippen molar-refractivity contribution in [1.29, 1.82) is 0 Å². The van der Waals surface area contributed by atoms with Gasteiger partial charge in [0.2, 0.25) is 0 Å². The van der Waals surface area contributed by atoms with Gasteiger partial charge in [0.15, 0.2) is 0 Å². The molecule has 132 valence electrons. The summed E-state index contributed by atoms with van der Waals surface area (Å²) in [6.07, 6.45) is 1.72. The molecule has 0 bridgehead atoms. The molecule has 3 rings (SSSR count). The van der Waals surface area contributed by atoms with E-state index >= 15 is 0 Å². The summed E-state index contributed by atoms with van der Waals surface area (Å²) in [6.45, 7) is 9.00. The number of hydrogen-bond donors (Lipinski definition) is 1. The summed E-state index contributed by atoms with van der Waals surface area (Å²) in [4.78, 5) is 18.6. The average molecular weight is 339 g/mol. The lowest BCUT2D eigenvalue weighted by atomic mass is 9.86. The number of nitrogens with one attached hydrogen (secondary N) is 1. The van der Waals surface area contributed by atoms with Gasteiger partial charge in [0, 0.05) is 18.8 Å². The molecule has 0 atom stereocenters. The van der Waals surface area contributed by atoms with Crippen molar-refractivity contribution in [3.8, 4) is 0 Å². The average Bonchev–Trinajstić information content (AvgIpc) is 2.62. The highest BCUT2D eigenvalue weighted by Gasteiger charge is 2.20. The van der Waals surface area contributed by atoms with Gasteiger partial charge in [-0.1, -0.05) is 39.0 Å². The van der Waals surface area contributed by atoms with Crippen molar-refractivity contribution in [1.82, 2.24) is 9.88 Å². The predicted octanol–water partition coefficient (Wildman–Crippen LogP) is 3.60. The third kappa shape index (κ3) is 4.17. The SMILES string of the molecule is CC(C)(C)c1ccccc1Nc1ccc(C(=O)N2CCOCC2)nc1. The molecule has 1 saturated heterocycles. The Bertz CT molecular complexity index is 729. The molecule has 0 saturated carbocycles. The van der Waals surface area contributed by atoms with E-state index in [1.165, 1.54) is 5.56 Å². The summed E-state index contributed by atoms with van der Waals surface area (Å²) in [7, 11) is 0. The molecule has 1 aliphatic rings. The molecule has 5 nitrogen and oxygen atoms in total. The molecule has 0 radical (unpaired) electrons. The summed E-state index contributed by atoms with van der Waals surface area (Å²) in [6, 6.07) is 11.9. The minimum Gasteiger partial charge on any atom is -0.378 e. The van der Waals surface area contributed by atoms with Gasteiger partial charge >= 0.3 is 0 Å². The Kier molecular flexibility index (Phi) is 5.04. The van der Waals surface area contributed by atoms with Crippen LogP contribution in [0.4, 0.5) is 11.4 Å². The molecule has 25 heavy (non-hydrogen) atoms. The first kappa shape index (κ1) is 17.4. The number of pyridine rings is 1. The van der Waals surface area contributed by atoms with Crippen LogP contribution in [0.2, 0.25) is 0 Å². The number of morpholine rings is 1. The van der Waals surface area contributed by atoms with Gasteiger partial charge in [-0.3, -0.25) is 4.79 Å². The molecule has 2 aromatic rings. The van der Waals surface area contributed by atoms with Crippen LogP contribution in [0.25, 0.3) is 0 Å². The molecule has 1 N–H and O–H groups in total. The van der Waals surface area contributed by atoms with Gasteiger partial charge < -0.3 is 15.0 Å². The van der Waals surface area contributed by atoms with Crippen LogP contribution in [0, 0.1) is 0 Å². The molecule has 5 heteroatoms. The van der Waals surface area contributed by atoms with Crippen molar-refractivity contribution in [3.63, 3.8) is 0 Å². The Balaban J connectivity index is 1.74. The smallest absolute Gasteiger partial charge is 0.272 e. The summed E-state index contributed by atoms with van der Waals surface area (Å²) in [5.74, 6) is -0.0371. The van der Waals surface area contributed by atoms with Gasteiger partial charge in [0.1, 0.15) is 5.69 Å². The molecule has 1 aromatic heterocycles. The zero-order valence-electron chi connectivity index (χ0n) is 15.1. The van der Waals surface area contributed by atoms with Gasteiger partial charge in [0.25, 0.3) is 5.91 Å². The highest BCUT2D eigenvalue weighted by molar-refractivity contribution is 5.92. The minimum absolute atomic E-state index is 0.0371. The van der Waals surface area contributed by atoms with E-state index in [4.69, 9.17) is 4.74 Å². The minimum atomic E-state index is -0.0371. The highest BCUT2D eigenvalue weighted by atomic mass is 16.5. The quantitative estimate of drug-likeness (QED) is 0.928. The Morgan fingerprint density at radius 1 is 1.12 bits per heavy atom. The van der Waals surface area contributed by atoms with Crippen LogP contribution in [0.3, 0.4) is 0 Å². The van der Waals surface area contributed by atoms with E-state index in [0.717, 1.165) is 11.4 Å². The molecule has 1 aliphatic heterocycles. The van der Waals surface area contributed by atoms with E-state index in [1.807, 2.05) is 18.2 Å². The number of nitrogens with zero attached hydrogens (tertiary/aromatic N) is 2. The van der Waals surface area contributed by atoms with Crippen LogP contribution in [0.15, 0.2) is 42.6 Å². The number of para-hydroxylation sites is 1. The summed E-state index contributed by atoms with van der Waals surface area (Å²) >= 11 is 0. The first-order chi connectivity index (χ1) is 11.9. The fraction of sp³-hybridized carbons (Fsp3) is 0.400. The van der Waals surface area contributed by atoms with Gasteiger partial charge in [-0.2, -0.15) is 0 Å². The molecule has 2 heterocycles. The van der Waals surface area contributed by atoms with Gasteiger partial charge in [-0.05, 0) is 29.2 Å². The highest BCUT2D eigenvalue weighted by Crippen LogP contribution is 2.31. The Morgan fingerprint density at radius 3 is 2.48 bits per heavy atom. The number of carbonyl (C=O) groups excluding carboxylic acids is 1.